The van der Waals surface area contributed by atoms with Crippen molar-refractivity contribution in [2.24, 2.45) is 5.92 Å². The number of anilines is 1. The smallest absolute Gasteiger partial charge is 0.133 e. The predicted molar refractivity (Wildman–Crippen MR) is 106 cm³/mol. The second kappa shape index (κ2) is 11.0. The molecule has 1 saturated heterocycles. The summed E-state index contributed by atoms with van der Waals surface area (Å²) in [6.07, 6.45) is 5.94. The van der Waals surface area contributed by atoms with Gasteiger partial charge in [0.05, 0.1) is 7.11 Å². The Kier molecular flexibility index (Phi) is 9.83. The van der Waals surface area contributed by atoms with Gasteiger partial charge >= 0.3 is 0 Å². The van der Waals surface area contributed by atoms with Gasteiger partial charge in [0.25, 0.3) is 0 Å². The van der Waals surface area contributed by atoms with E-state index in [9.17, 15) is 4.39 Å². The van der Waals surface area contributed by atoms with Gasteiger partial charge in [-0.3, -0.25) is 0 Å². The number of nitrogens with zero attached hydrogens (tertiary/aromatic N) is 1. The molecular formula is C18H30Cl2FN3O. The molecule has 7 heteroatoms. The molecule has 2 N–H and O–H groups in total. The number of fused-ring (bicyclic) bond motifs is 1. The lowest BCUT2D eigenvalue weighted by Crippen LogP contribution is -2.19. The third-order valence-corrected chi connectivity index (χ3v) is 5.03. The Morgan fingerprint density at radius 2 is 2.16 bits per heavy atom. The van der Waals surface area contributed by atoms with Gasteiger partial charge in [0.1, 0.15) is 17.7 Å². The number of unbranched alkanes of at least 4 members (excludes halogenated alkanes) is 1. The highest BCUT2D eigenvalue weighted by atomic mass is 35.5. The van der Waals surface area contributed by atoms with Crippen LogP contribution in [0, 0.1) is 5.92 Å². The molecule has 0 aromatic carbocycles. The predicted octanol–water partition coefficient (Wildman–Crippen LogP) is 3.95. The number of aromatic nitrogens is 1. The molecule has 1 fully saturated rings. The molecule has 0 saturated carbocycles. The number of nitrogens with one attached hydrogen (secondary N) is 2. The number of hydrogen-bond acceptors (Lipinski definition) is 4. The van der Waals surface area contributed by atoms with Crippen LogP contribution in [0.4, 0.5) is 10.2 Å². The van der Waals surface area contributed by atoms with Crippen LogP contribution in [0.15, 0.2) is 6.07 Å². The number of methoxy groups -OCH3 is 1. The average Bonchev–Trinajstić information content (AvgIpc) is 3.12. The van der Waals surface area contributed by atoms with E-state index in [0.717, 1.165) is 75.4 Å². The van der Waals surface area contributed by atoms with Crippen molar-refractivity contribution in [1.29, 1.82) is 0 Å². The highest BCUT2D eigenvalue weighted by Crippen LogP contribution is 2.30. The first-order chi connectivity index (χ1) is 11.3. The molecule has 0 aliphatic carbocycles. The minimum atomic E-state index is -0.655. The van der Waals surface area contributed by atoms with Crippen molar-refractivity contribution in [3.8, 4) is 5.75 Å². The van der Waals surface area contributed by atoms with Crippen molar-refractivity contribution in [1.82, 2.24) is 10.3 Å². The number of pyridine rings is 1. The number of rotatable bonds is 7. The molecule has 0 spiro atoms. The largest absolute Gasteiger partial charge is 0.496 e. The van der Waals surface area contributed by atoms with Gasteiger partial charge in [0.2, 0.25) is 0 Å². The molecule has 1 unspecified atom stereocenters. The number of alkyl halides is 1. The van der Waals surface area contributed by atoms with Crippen LogP contribution < -0.4 is 15.4 Å². The van der Waals surface area contributed by atoms with Gasteiger partial charge in [-0.25, -0.2) is 9.37 Å². The van der Waals surface area contributed by atoms with E-state index in [1.807, 2.05) is 0 Å². The van der Waals surface area contributed by atoms with E-state index in [2.05, 4.69) is 16.7 Å². The number of aryl methyl sites for hydroxylation is 1. The lowest BCUT2D eigenvalue weighted by Gasteiger charge is -2.20. The summed E-state index contributed by atoms with van der Waals surface area (Å²) >= 11 is 0. The fourth-order valence-corrected chi connectivity index (χ4v) is 3.64. The van der Waals surface area contributed by atoms with Gasteiger partial charge < -0.3 is 15.4 Å². The first kappa shape index (κ1) is 22.3. The Labute approximate surface area is 162 Å². The van der Waals surface area contributed by atoms with Gasteiger partial charge in [-0.2, -0.15) is 0 Å². The molecule has 1 aromatic rings. The summed E-state index contributed by atoms with van der Waals surface area (Å²) in [7, 11) is 1.72. The van der Waals surface area contributed by atoms with Gasteiger partial charge in [-0.05, 0) is 45.1 Å². The van der Waals surface area contributed by atoms with E-state index in [0.29, 0.717) is 6.42 Å². The molecule has 0 bridgehead atoms. The highest BCUT2D eigenvalue weighted by molar-refractivity contribution is 5.85. The summed E-state index contributed by atoms with van der Waals surface area (Å²) in [5.41, 5.74) is 2.24. The normalized spacial score (nSPS) is 19.8. The second-order valence-electron chi connectivity index (χ2n) is 6.69. The van der Waals surface area contributed by atoms with E-state index in [1.165, 1.54) is 5.56 Å². The summed E-state index contributed by atoms with van der Waals surface area (Å²) in [4.78, 5) is 4.72. The van der Waals surface area contributed by atoms with E-state index in [4.69, 9.17) is 9.72 Å². The van der Waals surface area contributed by atoms with Gasteiger partial charge in [0.15, 0.2) is 0 Å². The van der Waals surface area contributed by atoms with Crippen LogP contribution >= 0.6 is 24.8 Å². The summed E-state index contributed by atoms with van der Waals surface area (Å²) in [5, 5.41) is 6.61. The first-order valence-corrected chi connectivity index (χ1v) is 8.93. The SMILES string of the molecule is COc1cc(CCCCC(F)[C@@H]2CCNC2)nc2c1CCCN2.Cl.Cl. The molecule has 2 aliphatic heterocycles. The fraction of sp³-hybridized carbons (Fsp3) is 0.722. The molecule has 1 aromatic heterocycles. The van der Waals surface area contributed by atoms with Crippen LogP contribution in [0.25, 0.3) is 0 Å². The molecular weight excluding hydrogens is 364 g/mol. The number of halogens is 3. The minimum absolute atomic E-state index is 0. The molecule has 25 heavy (non-hydrogen) atoms. The van der Waals surface area contributed by atoms with Crippen LogP contribution in [0.3, 0.4) is 0 Å². The van der Waals surface area contributed by atoms with Crippen LogP contribution in [0.1, 0.15) is 43.4 Å². The number of hydrogen-bond donors (Lipinski definition) is 2. The fourth-order valence-electron chi connectivity index (χ4n) is 3.64. The second-order valence-corrected chi connectivity index (χ2v) is 6.69. The zero-order valence-corrected chi connectivity index (χ0v) is 16.5. The maximum Gasteiger partial charge on any atom is 0.133 e. The topological polar surface area (TPSA) is 46.2 Å². The molecule has 0 amide bonds. The zero-order chi connectivity index (χ0) is 16.1. The Morgan fingerprint density at radius 3 is 2.88 bits per heavy atom. The van der Waals surface area contributed by atoms with E-state index in [-0.39, 0.29) is 30.7 Å². The Bertz CT molecular complexity index is 510. The highest BCUT2D eigenvalue weighted by Gasteiger charge is 2.24. The van der Waals surface area contributed by atoms with Crippen molar-refractivity contribution in [2.75, 3.05) is 32.1 Å². The summed E-state index contributed by atoms with van der Waals surface area (Å²) in [5.74, 6) is 2.14. The Balaban J connectivity index is 0.00000156. The third-order valence-electron chi connectivity index (χ3n) is 5.03. The minimum Gasteiger partial charge on any atom is -0.496 e. The Morgan fingerprint density at radius 1 is 1.32 bits per heavy atom. The summed E-state index contributed by atoms with van der Waals surface area (Å²) in [6, 6.07) is 2.06. The van der Waals surface area contributed by atoms with Crippen LogP contribution in [-0.2, 0) is 12.8 Å². The zero-order valence-electron chi connectivity index (χ0n) is 14.9. The number of ether oxygens (including phenoxy) is 1. The molecule has 3 rings (SSSR count). The van der Waals surface area contributed by atoms with Crippen LogP contribution in [0.2, 0.25) is 0 Å². The molecule has 144 valence electrons. The maximum absolute atomic E-state index is 14.1. The molecule has 4 nitrogen and oxygen atoms in total. The third kappa shape index (κ3) is 5.87. The molecule has 2 atom stereocenters. The lowest BCUT2D eigenvalue weighted by atomic mass is 9.97. The van der Waals surface area contributed by atoms with Gasteiger partial charge in [0, 0.05) is 36.3 Å². The maximum atomic E-state index is 14.1. The molecule has 0 radical (unpaired) electrons. The van der Waals surface area contributed by atoms with E-state index < -0.39 is 6.17 Å². The standard InChI is InChI=1S/C18H28FN3O.2ClH/c1-23-17-11-14(22-18-15(17)6-4-9-21-18)5-2-3-7-16(19)13-8-10-20-12-13;;/h11,13,16,20H,2-10,12H2,1H3,(H,21,22);2*1H/t13-,16?;;/m1../s1. The first-order valence-electron chi connectivity index (χ1n) is 8.93. The summed E-state index contributed by atoms with van der Waals surface area (Å²) in [6.45, 7) is 2.79. The summed E-state index contributed by atoms with van der Waals surface area (Å²) < 4.78 is 19.6. The quantitative estimate of drug-likeness (QED) is 0.688. The van der Waals surface area contributed by atoms with Gasteiger partial charge in [-0.15, -0.1) is 24.8 Å². The van der Waals surface area contributed by atoms with E-state index in [1.54, 1.807) is 7.11 Å². The van der Waals surface area contributed by atoms with E-state index >= 15 is 0 Å². The average molecular weight is 394 g/mol. The lowest BCUT2D eigenvalue weighted by molar-refractivity contribution is 0.221. The molecule has 2 aliphatic rings. The van der Waals surface area contributed by atoms with Gasteiger partial charge in [-0.1, -0.05) is 6.42 Å². The van der Waals surface area contributed by atoms with Crippen molar-refractivity contribution >= 4 is 30.6 Å². The van der Waals surface area contributed by atoms with Crippen molar-refractivity contribution < 1.29 is 9.13 Å². The monoisotopic (exact) mass is 393 g/mol. The van der Waals surface area contributed by atoms with Crippen molar-refractivity contribution in [3.05, 3.63) is 17.3 Å². The van der Waals surface area contributed by atoms with Crippen LogP contribution in [0.5, 0.6) is 5.75 Å². The van der Waals surface area contributed by atoms with Crippen molar-refractivity contribution in [3.63, 3.8) is 0 Å². The molecule has 3 heterocycles. The van der Waals surface area contributed by atoms with Crippen molar-refractivity contribution in [2.45, 2.75) is 51.1 Å². The Hall–Kier alpha value is -0.780. The van der Waals surface area contributed by atoms with Crippen LogP contribution in [-0.4, -0.2) is 37.9 Å².